The van der Waals surface area contributed by atoms with Gasteiger partial charge in [-0.2, -0.15) is 18.4 Å². The summed E-state index contributed by atoms with van der Waals surface area (Å²) in [4.78, 5) is 3.39. The van der Waals surface area contributed by atoms with Gasteiger partial charge in [-0.25, -0.2) is 0 Å². The van der Waals surface area contributed by atoms with E-state index in [1.165, 1.54) is 13.2 Å². The molecule has 0 aliphatic heterocycles. The van der Waals surface area contributed by atoms with E-state index in [0.29, 0.717) is 22.4 Å². The van der Waals surface area contributed by atoms with Gasteiger partial charge in [-0.05, 0) is 23.8 Å². The highest BCUT2D eigenvalue weighted by atomic mass is 19.4. The summed E-state index contributed by atoms with van der Waals surface area (Å²) in [6, 6.07) is 8.98. The molecule has 0 amide bonds. The van der Waals surface area contributed by atoms with Crippen molar-refractivity contribution in [3.63, 3.8) is 0 Å². The number of alkyl halides is 3. The van der Waals surface area contributed by atoms with Gasteiger partial charge in [-0.1, -0.05) is 12.1 Å². The number of nitrogens with zero attached hydrogens (tertiary/aromatic N) is 2. The molecule has 0 N–H and O–H groups in total. The highest BCUT2D eigenvalue weighted by molar-refractivity contribution is 5.66. The number of halogens is 3. The first kappa shape index (κ1) is 13.9. The van der Waals surface area contributed by atoms with Crippen molar-refractivity contribution in [1.29, 1.82) is 5.26 Å². The molecule has 0 saturated carbocycles. The Kier molecular flexibility index (Phi) is 3.61. The van der Waals surface area contributed by atoms with Gasteiger partial charge in [0.25, 0.3) is 0 Å². The number of pyridine rings is 1. The van der Waals surface area contributed by atoms with Gasteiger partial charge in [0.1, 0.15) is 17.5 Å². The van der Waals surface area contributed by atoms with E-state index in [4.69, 9.17) is 10.00 Å². The summed E-state index contributed by atoms with van der Waals surface area (Å²) in [6.07, 6.45) is -3.31. The van der Waals surface area contributed by atoms with E-state index in [-0.39, 0.29) is 0 Å². The van der Waals surface area contributed by atoms with Crippen LogP contribution in [0.5, 0.6) is 5.75 Å². The normalized spacial score (nSPS) is 10.9. The molecule has 0 fully saturated rings. The van der Waals surface area contributed by atoms with Crippen molar-refractivity contribution in [2.24, 2.45) is 0 Å². The number of hydrogen-bond acceptors (Lipinski definition) is 3. The fourth-order valence-electron chi connectivity index (χ4n) is 1.70. The van der Waals surface area contributed by atoms with Gasteiger partial charge >= 0.3 is 6.18 Å². The maximum Gasteiger partial charge on any atom is 0.433 e. The van der Waals surface area contributed by atoms with Crippen molar-refractivity contribution in [2.45, 2.75) is 6.18 Å². The average molecular weight is 278 g/mol. The third-order valence-electron chi connectivity index (χ3n) is 2.71. The molecule has 1 aromatic carbocycles. The second kappa shape index (κ2) is 5.21. The zero-order valence-corrected chi connectivity index (χ0v) is 10.4. The number of benzene rings is 1. The molecule has 0 atom stereocenters. The first-order valence-electron chi connectivity index (χ1n) is 5.57. The molecule has 0 saturated heterocycles. The van der Waals surface area contributed by atoms with Crippen molar-refractivity contribution in [2.75, 3.05) is 7.11 Å². The van der Waals surface area contributed by atoms with Crippen LogP contribution in [0, 0.1) is 11.3 Å². The molecule has 0 unspecified atom stereocenters. The fourth-order valence-corrected chi connectivity index (χ4v) is 1.70. The van der Waals surface area contributed by atoms with Crippen LogP contribution >= 0.6 is 0 Å². The fraction of sp³-hybridized carbons (Fsp3) is 0.143. The van der Waals surface area contributed by atoms with Crippen LogP contribution in [0.1, 0.15) is 11.3 Å². The zero-order valence-electron chi connectivity index (χ0n) is 10.4. The molecule has 20 heavy (non-hydrogen) atoms. The van der Waals surface area contributed by atoms with Crippen molar-refractivity contribution in [3.8, 4) is 22.9 Å². The lowest BCUT2D eigenvalue weighted by atomic mass is 10.0. The van der Waals surface area contributed by atoms with E-state index in [9.17, 15) is 13.2 Å². The van der Waals surface area contributed by atoms with E-state index in [1.54, 1.807) is 18.2 Å². The predicted molar refractivity (Wildman–Crippen MR) is 65.9 cm³/mol. The van der Waals surface area contributed by atoms with Crippen LogP contribution in [0.25, 0.3) is 11.1 Å². The van der Waals surface area contributed by atoms with Gasteiger partial charge in [0.05, 0.1) is 12.7 Å². The lowest BCUT2D eigenvalue weighted by Gasteiger charge is -2.08. The molecule has 2 rings (SSSR count). The Bertz CT molecular complexity index is 658. The van der Waals surface area contributed by atoms with E-state index in [0.717, 1.165) is 12.3 Å². The Morgan fingerprint density at radius 1 is 1.15 bits per heavy atom. The predicted octanol–water partition coefficient (Wildman–Crippen LogP) is 3.65. The summed E-state index contributed by atoms with van der Waals surface area (Å²) in [5.41, 5.74) is 0.556. The van der Waals surface area contributed by atoms with E-state index in [1.807, 2.05) is 6.07 Å². The summed E-state index contributed by atoms with van der Waals surface area (Å²) in [7, 11) is 1.42. The molecule has 0 radical (unpaired) electrons. The molecule has 0 bridgehead atoms. The van der Waals surface area contributed by atoms with E-state index >= 15 is 0 Å². The Hall–Kier alpha value is -2.55. The molecule has 1 aromatic heterocycles. The van der Waals surface area contributed by atoms with E-state index < -0.39 is 11.9 Å². The van der Waals surface area contributed by atoms with Crippen LogP contribution < -0.4 is 4.74 Å². The Morgan fingerprint density at radius 3 is 2.35 bits per heavy atom. The minimum atomic E-state index is -4.46. The minimum Gasteiger partial charge on any atom is -0.495 e. The van der Waals surface area contributed by atoms with Gasteiger partial charge in [-0.15, -0.1) is 0 Å². The summed E-state index contributed by atoms with van der Waals surface area (Å²) in [6.45, 7) is 0. The van der Waals surface area contributed by atoms with Gasteiger partial charge < -0.3 is 4.74 Å². The molecule has 6 heteroatoms. The lowest BCUT2D eigenvalue weighted by Crippen LogP contribution is -2.07. The van der Waals surface area contributed by atoms with Crippen LogP contribution in [0.3, 0.4) is 0 Å². The molecule has 1 heterocycles. The zero-order chi connectivity index (χ0) is 14.8. The molecule has 102 valence electrons. The number of aromatic nitrogens is 1. The van der Waals surface area contributed by atoms with Crippen LogP contribution in [0.2, 0.25) is 0 Å². The van der Waals surface area contributed by atoms with Gasteiger partial charge in [0.15, 0.2) is 0 Å². The maximum atomic E-state index is 12.4. The average Bonchev–Trinajstić information content (AvgIpc) is 2.45. The van der Waals surface area contributed by atoms with Crippen LogP contribution in [0.4, 0.5) is 13.2 Å². The molecule has 2 aromatic rings. The quantitative estimate of drug-likeness (QED) is 0.842. The number of nitriles is 1. The molecular formula is C14H9F3N2O. The number of methoxy groups -OCH3 is 1. The third kappa shape index (κ3) is 2.72. The first-order chi connectivity index (χ1) is 9.45. The molecule has 0 aliphatic rings. The first-order valence-corrected chi connectivity index (χ1v) is 5.57. The Morgan fingerprint density at radius 2 is 1.85 bits per heavy atom. The molecule has 3 nitrogen and oxygen atoms in total. The SMILES string of the molecule is COc1cc(-c2ccc(C(F)(F)F)nc2)ccc1C#N. The summed E-state index contributed by atoms with van der Waals surface area (Å²) in [5.74, 6) is 0.366. The van der Waals surface area contributed by atoms with E-state index in [2.05, 4.69) is 4.98 Å². The Labute approximate surface area is 113 Å². The van der Waals surface area contributed by atoms with Crippen LogP contribution in [0.15, 0.2) is 36.5 Å². The van der Waals surface area contributed by atoms with Gasteiger partial charge in [-0.3, -0.25) is 4.98 Å². The van der Waals surface area contributed by atoms with Crippen molar-refractivity contribution in [1.82, 2.24) is 4.98 Å². The maximum absolute atomic E-state index is 12.4. The number of hydrogen-bond donors (Lipinski definition) is 0. The number of ether oxygens (including phenoxy) is 1. The summed E-state index contributed by atoms with van der Waals surface area (Å²) < 4.78 is 42.3. The second-order valence-corrected chi connectivity index (χ2v) is 3.96. The number of rotatable bonds is 2. The molecule has 0 spiro atoms. The molecular weight excluding hydrogens is 269 g/mol. The Balaban J connectivity index is 2.40. The highest BCUT2D eigenvalue weighted by Gasteiger charge is 2.32. The topological polar surface area (TPSA) is 45.9 Å². The summed E-state index contributed by atoms with van der Waals surface area (Å²) >= 11 is 0. The second-order valence-electron chi connectivity index (χ2n) is 3.96. The van der Waals surface area contributed by atoms with Crippen LogP contribution in [-0.4, -0.2) is 12.1 Å². The van der Waals surface area contributed by atoms with Gasteiger partial charge in [0, 0.05) is 11.8 Å². The standard InChI is InChI=1S/C14H9F3N2O/c1-20-12-6-9(2-3-10(12)7-18)11-4-5-13(19-8-11)14(15,16)17/h2-6,8H,1H3. The third-order valence-corrected chi connectivity index (χ3v) is 2.71. The van der Waals surface area contributed by atoms with Crippen molar-refractivity contribution < 1.29 is 17.9 Å². The lowest BCUT2D eigenvalue weighted by molar-refractivity contribution is -0.141. The van der Waals surface area contributed by atoms with Crippen molar-refractivity contribution >= 4 is 0 Å². The van der Waals surface area contributed by atoms with Crippen molar-refractivity contribution in [3.05, 3.63) is 47.8 Å². The largest absolute Gasteiger partial charge is 0.495 e. The molecule has 0 aliphatic carbocycles. The monoisotopic (exact) mass is 278 g/mol. The highest BCUT2D eigenvalue weighted by Crippen LogP contribution is 2.30. The minimum absolute atomic E-state index is 0.358. The van der Waals surface area contributed by atoms with Gasteiger partial charge in [0.2, 0.25) is 0 Å². The van der Waals surface area contributed by atoms with Crippen LogP contribution in [-0.2, 0) is 6.18 Å². The summed E-state index contributed by atoms with van der Waals surface area (Å²) in [5, 5.41) is 8.87. The smallest absolute Gasteiger partial charge is 0.433 e.